The average Bonchev–Trinajstić information content (AvgIpc) is 2.31. The van der Waals surface area contributed by atoms with Crippen LogP contribution in [0, 0.1) is 0 Å². The van der Waals surface area contributed by atoms with E-state index >= 15 is 0 Å². The van der Waals surface area contributed by atoms with Crippen molar-refractivity contribution in [2.75, 3.05) is 32.1 Å². The average molecular weight is 285 g/mol. The Hall–Kier alpha value is -1.60. The number of nitrogens with one attached hydrogen (secondary N) is 1. The molecule has 0 radical (unpaired) electrons. The molecule has 0 bridgehead atoms. The Morgan fingerprint density at radius 1 is 1.32 bits per heavy atom. The summed E-state index contributed by atoms with van der Waals surface area (Å²) in [5.41, 5.74) is 7.01. The molecule has 0 atom stereocenters. The van der Waals surface area contributed by atoms with Crippen molar-refractivity contribution < 1.29 is 13.2 Å². The van der Waals surface area contributed by atoms with E-state index < -0.39 is 10.0 Å². The third kappa shape index (κ3) is 4.88. The molecule has 1 aromatic rings. The van der Waals surface area contributed by atoms with Gasteiger partial charge in [0.1, 0.15) is 0 Å². The van der Waals surface area contributed by atoms with Crippen molar-refractivity contribution in [2.24, 2.45) is 0 Å². The maximum absolute atomic E-state index is 11.6. The number of carbonyl (C=O) groups is 1. The Balaban J connectivity index is 2.44. The van der Waals surface area contributed by atoms with E-state index in [1.54, 1.807) is 24.3 Å². The van der Waals surface area contributed by atoms with Gasteiger partial charge in [-0.25, -0.2) is 12.7 Å². The van der Waals surface area contributed by atoms with Crippen LogP contribution >= 0.6 is 0 Å². The van der Waals surface area contributed by atoms with Crippen LogP contribution in [0.5, 0.6) is 0 Å². The van der Waals surface area contributed by atoms with Crippen LogP contribution in [0.3, 0.4) is 0 Å². The predicted molar refractivity (Wildman–Crippen MR) is 75.0 cm³/mol. The molecule has 1 aromatic carbocycles. The number of nitrogens with zero attached hydrogens (tertiary/aromatic N) is 1. The molecule has 1 amide bonds. The molecule has 0 saturated heterocycles. The highest BCUT2D eigenvalue weighted by Gasteiger charge is 2.13. The number of rotatable bonds is 6. The normalized spacial score (nSPS) is 11.5. The summed E-state index contributed by atoms with van der Waals surface area (Å²) in [7, 11) is -0.361. The van der Waals surface area contributed by atoms with Crippen molar-refractivity contribution in [1.29, 1.82) is 0 Å². The zero-order chi connectivity index (χ0) is 14.5. The van der Waals surface area contributed by atoms with E-state index in [1.165, 1.54) is 14.1 Å². The van der Waals surface area contributed by atoms with Crippen molar-refractivity contribution in [3.8, 4) is 0 Å². The van der Waals surface area contributed by atoms with Crippen LogP contribution in [0.2, 0.25) is 0 Å². The highest BCUT2D eigenvalue weighted by Crippen LogP contribution is 2.10. The SMILES string of the molecule is CN(C)S(=O)(=O)CCNC(=O)Cc1ccccc1N. The van der Waals surface area contributed by atoms with E-state index in [-0.39, 0.29) is 24.6 Å². The minimum absolute atomic E-state index is 0.0894. The molecule has 0 aliphatic rings. The highest BCUT2D eigenvalue weighted by atomic mass is 32.2. The molecule has 7 heteroatoms. The molecule has 0 spiro atoms. The lowest BCUT2D eigenvalue weighted by molar-refractivity contribution is -0.120. The van der Waals surface area contributed by atoms with Gasteiger partial charge in [-0.05, 0) is 11.6 Å². The summed E-state index contributed by atoms with van der Waals surface area (Å²) >= 11 is 0. The number of sulfonamides is 1. The van der Waals surface area contributed by atoms with E-state index in [1.807, 2.05) is 0 Å². The maximum atomic E-state index is 11.6. The van der Waals surface area contributed by atoms with Gasteiger partial charge in [-0.2, -0.15) is 0 Å². The van der Waals surface area contributed by atoms with Gasteiger partial charge in [-0.15, -0.1) is 0 Å². The molecular weight excluding hydrogens is 266 g/mol. The van der Waals surface area contributed by atoms with Crippen molar-refractivity contribution in [3.63, 3.8) is 0 Å². The molecular formula is C12H19N3O3S. The van der Waals surface area contributed by atoms with Crippen molar-refractivity contribution in [1.82, 2.24) is 9.62 Å². The Bertz CT molecular complexity index is 541. The lowest BCUT2D eigenvalue weighted by Crippen LogP contribution is -2.34. The van der Waals surface area contributed by atoms with Crippen molar-refractivity contribution in [3.05, 3.63) is 29.8 Å². The topological polar surface area (TPSA) is 92.5 Å². The number of hydrogen-bond acceptors (Lipinski definition) is 4. The summed E-state index contributed by atoms with van der Waals surface area (Å²) < 4.78 is 24.1. The lowest BCUT2D eigenvalue weighted by Gasteiger charge is -2.11. The Morgan fingerprint density at radius 2 is 1.95 bits per heavy atom. The largest absolute Gasteiger partial charge is 0.398 e. The number of para-hydroxylation sites is 1. The fraction of sp³-hybridized carbons (Fsp3) is 0.417. The smallest absolute Gasteiger partial charge is 0.224 e. The second-order valence-electron chi connectivity index (χ2n) is 4.32. The minimum Gasteiger partial charge on any atom is -0.398 e. The third-order valence-electron chi connectivity index (χ3n) is 2.64. The van der Waals surface area contributed by atoms with Gasteiger partial charge in [0, 0.05) is 26.3 Å². The van der Waals surface area contributed by atoms with Gasteiger partial charge in [0.25, 0.3) is 0 Å². The van der Waals surface area contributed by atoms with E-state index in [2.05, 4.69) is 5.32 Å². The summed E-state index contributed by atoms with van der Waals surface area (Å²) in [6.07, 6.45) is 0.148. The monoisotopic (exact) mass is 285 g/mol. The van der Waals surface area contributed by atoms with Gasteiger partial charge in [0.15, 0.2) is 0 Å². The van der Waals surface area contributed by atoms with E-state index in [0.717, 1.165) is 9.87 Å². The minimum atomic E-state index is -3.28. The van der Waals surface area contributed by atoms with Crippen LogP contribution in [0.25, 0.3) is 0 Å². The van der Waals surface area contributed by atoms with Crippen molar-refractivity contribution >= 4 is 21.6 Å². The number of carbonyl (C=O) groups excluding carboxylic acids is 1. The highest BCUT2D eigenvalue weighted by molar-refractivity contribution is 7.89. The molecule has 106 valence electrons. The van der Waals surface area contributed by atoms with Gasteiger partial charge in [0.05, 0.1) is 12.2 Å². The van der Waals surface area contributed by atoms with Crippen LogP contribution in [0.15, 0.2) is 24.3 Å². The van der Waals surface area contributed by atoms with Crippen LogP contribution in [0.1, 0.15) is 5.56 Å². The Morgan fingerprint density at radius 3 is 2.53 bits per heavy atom. The number of nitrogen functional groups attached to an aromatic ring is 1. The summed E-state index contributed by atoms with van der Waals surface area (Å²) in [6.45, 7) is 0.0894. The van der Waals surface area contributed by atoms with Crippen molar-refractivity contribution in [2.45, 2.75) is 6.42 Å². The molecule has 1 rings (SSSR count). The molecule has 0 aliphatic heterocycles. The number of nitrogens with two attached hydrogens (primary N) is 1. The third-order valence-corrected chi connectivity index (χ3v) is 4.48. The molecule has 3 N–H and O–H groups in total. The van der Waals surface area contributed by atoms with Gasteiger partial charge in [0.2, 0.25) is 15.9 Å². The number of amides is 1. The molecule has 0 aromatic heterocycles. The van der Waals surface area contributed by atoms with E-state index in [9.17, 15) is 13.2 Å². The molecule has 0 aliphatic carbocycles. The zero-order valence-electron chi connectivity index (χ0n) is 11.1. The Labute approximate surface area is 113 Å². The second kappa shape index (κ2) is 6.53. The van der Waals surface area contributed by atoms with E-state index in [4.69, 9.17) is 5.73 Å². The first-order valence-electron chi connectivity index (χ1n) is 5.83. The molecule has 0 heterocycles. The zero-order valence-corrected chi connectivity index (χ0v) is 11.9. The van der Waals surface area contributed by atoms with Gasteiger partial charge >= 0.3 is 0 Å². The Kier molecular flexibility index (Phi) is 5.31. The second-order valence-corrected chi connectivity index (χ2v) is 6.63. The van der Waals surface area contributed by atoms with Gasteiger partial charge in [-0.1, -0.05) is 18.2 Å². The fourth-order valence-electron chi connectivity index (χ4n) is 1.43. The summed E-state index contributed by atoms with van der Waals surface area (Å²) in [5, 5.41) is 2.57. The fourth-order valence-corrected chi connectivity index (χ4v) is 2.16. The summed E-state index contributed by atoms with van der Waals surface area (Å²) in [6, 6.07) is 7.08. The quantitative estimate of drug-likeness (QED) is 0.709. The first kappa shape index (κ1) is 15.5. The molecule has 0 unspecified atom stereocenters. The first-order valence-corrected chi connectivity index (χ1v) is 7.44. The number of hydrogen-bond donors (Lipinski definition) is 2. The van der Waals surface area contributed by atoms with Crippen LogP contribution < -0.4 is 11.1 Å². The molecule has 0 saturated carbocycles. The summed E-state index contributed by atoms with van der Waals surface area (Å²) in [5.74, 6) is -0.359. The van der Waals surface area contributed by atoms with E-state index in [0.29, 0.717) is 5.69 Å². The first-order chi connectivity index (χ1) is 8.83. The van der Waals surface area contributed by atoms with Gasteiger partial charge < -0.3 is 11.1 Å². The van der Waals surface area contributed by atoms with Gasteiger partial charge in [-0.3, -0.25) is 4.79 Å². The summed E-state index contributed by atoms with van der Waals surface area (Å²) in [4.78, 5) is 11.6. The molecule has 19 heavy (non-hydrogen) atoms. The number of benzene rings is 1. The predicted octanol–water partition coefficient (Wildman–Crippen LogP) is -0.181. The van der Waals surface area contributed by atoms with Crippen LogP contribution in [0.4, 0.5) is 5.69 Å². The van der Waals surface area contributed by atoms with Crippen LogP contribution in [-0.4, -0.2) is 45.0 Å². The number of anilines is 1. The van der Waals surface area contributed by atoms with Crippen LogP contribution in [-0.2, 0) is 21.2 Å². The molecule has 6 nitrogen and oxygen atoms in total. The molecule has 0 fully saturated rings. The standard InChI is InChI=1S/C12H19N3O3S/c1-15(2)19(17,18)8-7-14-12(16)9-10-5-3-4-6-11(10)13/h3-6H,7-9,13H2,1-2H3,(H,14,16). The maximum Gasteiger partial charge on any atom is 0.224 e. The lowest BCUT2D eigenvalue weighted by atomic mass is 10.1.